The number of hydrogen-bond acceptors (Lipinski definition) is 2. The first kappa shape index (κ1) is 11.7. The molecule has 0 fully saturated rings. The van der Waals surface area contributed by atoms with Crippen LogP contribution >= 0.6 is 0 Å². The van der Waals surface area contributed by atoms with Gasteiger partial charge in [0, 0.05) is 18.2 Å². The zero-order chi connectivity index (χ0) is 12.4. The first-order valence-electron chi connectivity index (χ1n) is 6.02. The van der Waals surface area contributed by atoms with E-state index in [0.717, 1.165) is 24.4 Å². The van der Waals surface area contributed by atoms with Crippen LogP contribution in [0.3, 0.4) is 0 Å². The van der Waals surface area contributed by atoms with Crippen LogP contribution in [-0.4, -0.2) is 9.78 Å². The Balaban J connectivity index is 2.59. The highest BCUT2D eigenvalue weighted by atomic mass is 15.3. The maximum atomic E-state index is 6.08. The standard InChI is InChI=1S/C14H19N3/c1-4-7-12-13(16-17(3)14(12)15)11-9-6-5-8-10(11)2/h5-6,8-9H,4,7,15H2,1-3H3. The van der Waals surface area contributed by atoms with Crippen molar-refractivity contribution in [3.05, 3.63) is 35.4 Å². The second-order valence-electron chi connectivity index (χ2n) is 4.40. The molecule has 3 nitrogen and oxygen atoms in total. The highest BCUT2D eigenvalue weighted by Crippen LogP contribution is 2.29. The first-order valence-corrected chi connectivity index (χ1v) is 6.02. The third-order valence-corrected chi connectivity index (χ3v) is 3.09. The number of hydrogen-bond donors (Lipinski definition) is 1. The van der Waals surface area contributed by atoms with Gasteiger partial charge in [0.05, 0.1) is 5.69 Å². The SMILES string of the molecule is CCCc1c(-c2ccccc2C)nn(C)c1N. The number of anilines is 1. The predicted molar refractivity (Wildman–Crippen MR) is 71.8 cm³/mol. The van der Waals surface area contributed by atoms with Crippen molar-refractivity contribution in [2.24, 2.45) is 7.05 Å². The molecule has 0 radical (unpaired) electrons. The van der Waals surface area contributed by atoms with Crippen molar-refractivity contribution < 1.29 is 0 Å². The summed E-state index contributed by atoms with van der Waals surface area (Å²) in [5.74, 6) is 0.783. The Labute approximate surface area is 102 Å². The molecule has 0 amide bonds. The van der Waals surface area contributed by atoms with Gasteiger partial charge in [-0.1, -0.05) is 37.6 Å². The fourth-order valence-corrected chi connectivity index (χ4v) is 2.13. The summed E-state index contributed by atoms with van der Waals surface area (Å²) in [6, 6.07) is 8.31. The molecule has 1 aromatic carbocycles. The Morgan fingerprint density at radius 3 is 2.65 bits per heavy atom. The van der Waals surface area contributed by atoms with Gasteiger partial charge in [0.25, 0.3) is 0 Å². The van der Waals surface area contributed by atoms with Crippen LogP contribution in [0.2, 0.25) is 0 Å². The number of aromatic nitrogens is 2. The van der Waals surface area contributed by atoms with Crippen LogP contribution in [-0.2, 0) is 13.5 Å². The van der Waals surface area contributed by atoms with Gasteiger partial charge in [-0.15, -0.1) is 0 Å². The molecule has 0 spiro atoms. The average molecular weight is 229 g/mol. The molecule has 90 valence electrons. The number of benzene rings is 1. The molecule has 0 saturated heterocycles. The number of rotatable bonds is 3. The molecule has 0 bridgehead atoms. The molecule has 0 atom stereocenters. The molecule has 1 aromatic heterocycles. The van der Waals surface area contributed by atoms with E-state index in [0.29, 0.717) is 0 Å². The molecular weight excluding hydrogens is 210 g/mol. The molecule has 0 aliphatic rings. The van der Waals surface area contributed by atoms with Crippen LogP contribution in [0.5, 0.6) is 0 Å². The van der Waals surface area contributed by atoms with Crippen LogP contribution in [0.1, 0.15) is 24.5 Å². The van der Waals surface area contributed by atoms with Crippen molar-refractivity contribution in [1.82, 2.24) is 9.78 Å². The fourth-order valence-electron chi connectivity index (χ4n) is 2.13. The topological polar surface area (TPSA) is 43.8 Å². The van der Waals surface area contributed by atoms with Crippen molar-refractivity contribution in [2.45, 2.75) is 26.7 Å². The van der Waals surface area contributed by atoms with Crippen molar-refractivity contribution in [3.63, 3.8) is 0 Å². The van der Waals surface area contributed by atoms with Gasteiger partial charge in [-0.25, -0.2) is 0 Å². The molecule has 0 unspecified atom stereocenters. The lowest BCUT2D eigenvalue weighted by atomic mass is 10.0. The molecule has 2 aromatic rings. The Bertz CT molecular complexity index is 526. The van der Waals surface area contributed by atoms with E-state index in [2.05, 4.69) is 31.1 Å². The van der Waals surface area contributed by atoms with Gasteiger partial charge in [-0.3, -0.25) is 4.68 Å². The minimum atomic E-state index is 0.783. The minimum Gasteiger partial charge on any atom is -0.384 e. The largest absolute Gasteiger partial charge is 0.384 e. The monoisotopic (exact) mass is 229 g/mol. The van der Waals surface area contributed by atoms with Gasteiger partial charge in [-0.05, 0) is 18.9 Å². The van der Waals surface area contributed by atoms with E-state index in [9.17, 15) is 0 Å². The van der Waals surface area contributed by atoms with Gasteiger partial charge in [0.1, 0.15) is 5.82 Å². The van der Waals surface area contributed by atoms with Gasteiger partial charge < -0.3 is 5.73 Å². The molecule has 2 N–H and O–H groups in total. The molecule has 0 aliphatic heterocycles. The van der Waals surface area contributed by atoms with Crippen LogP contribution in [0, 0.1) is 6.92 Å². The number of nitrogens with two attached hydrogens (primary N) is 1. The third-order valence-electron chi connectivity index (χ3n) is 3.09. The maximum absolute atomic E-state index is 6.08. The number of nitrogens with zero attached hydrogens (tertiary/aromatic N) is 2. The molecular formula is C14H19N3. The van der Waals surface area contributed by atoms with Crippen LogP contribution in [0.4, 0.5) is 5.82 Å². The lowest BCUT2D eigenvalue weighted by Crippen LogP contribution is -1.99. The van der Waals surface area contributed by atoms with Gasteiger partial charge in [-0.2, -0.15) is 5.10 Å². The molecule has 1 heterocycles. The van der Waals surface area contributed by atoms with E-state index in [1.807, 2.05) is 19.2 Å². The predicted octanol–water partition coefficient (Wildman–Crippen LogP) is 2.93. The van der Waals surface area contributed by atoms with E-state index in [4.69, 9.17) is 5.73 Å². The second kappa shape index (κ2) is 4.62. The van der Waals surface area contributed by atoms with E-state index in [-0.39, 0.29) is 0 Å². The van der Waals surface area contributed by atoms with E-state index in [1.54, 1.807) is 4.68 Å². The lowest BCUT2D eigenvalue weighted by molar-refractivity contribution is 0.781. The zero-order valence-corrected chi connectivity index (χ0v) is 10.7. The first-order chi connectivity index (χ1) is 8.15. The Hall–Kier alpha value is -1.77. The quantitative estimate of drug-likeness (QED) is 0.879. The minimum absolute atomic E-state index is 0.783. The summed E-state index contributed by atoms with van der Waals surface area (Å²) >= 11 is 0. The summed E-state index contributed by atoms with van der Waals surface area (Å²) in [5.41, 5.74) is 10.7. The van der Waals surface area contributed by atoms with E-state index in [1.165, 1.54) is 16.7 Å². The molecule has 17 heavy (non-hydrogen) atoms. The zero-order valence-electron chi connectivity index (χ0n) is 10.7. The summed E-state index contributed by atoms with van der Waals surface area (Å²) in [7, 11) is 1.90. The van der Waals surface area contributed by atoms with Gasteiger partial charge in [0.2, 0.25) is 0 Å². The molecule has 0 aliphatic carbocycles. The van der Waals surface area contributed by atoms with Crippen LogP contribution < -0.4 is 5.73 Å². The van der Waals surface area contributed by atoms with E-state index < -0.39 is 0 Å². The van der Waals surface area contributed by atoms with Gasteiger partial charge in [0.15, 0.2) is 0 Å². The molecule has 0 saturated carbocycles. The third kappa shape index (κ3) is 2.05. The van der Waals surface area contributed by atoms with E-state index >= 15 is 0 Å². The summed E-state index contributed by atoms with van der Waals surface area (Å²) in [4.78, 5) is 0. The van der Waals surface area contributed by atoms with Crippen molar-refractivity contribution >= 4 is 5.82 Å². The van der Waals surface area contributed by atoms with Crippen molar-refractivity contribution in [2.75, 3.05) is 5.73 Å². The summed E-state index contributed by atoms with van der Waals surface area (Å²) in [6.45, 7) is 4.27. The van der Waals surface area contributed by atoms with Crippen LogP contribution in [0.25, 0.3) is 11.3 Å². The highest BCUT2D eigenvalue weighted by molar-refractivity contribution is 5.71. The average Bonchev–Trinajstić information content (AvgIpc) is 2.58. The van der Waals surface area contributed by atoms with Gasteiger partial charge >= 0.3 is 0 Å². The second-order valence-corrected chi connectivity index (χ2v) is 4.40. The number of nitrogen functional groups attached to an aromatic ring is 1. The Kier molecular flexibility index (Phi) is 3.18. The van der Waals surface area contributed by atoms with Crippen molar-refractivity contribution in [3.8, 4) is 11.3 Å². The number of aryl methyl sites for hydroxylation is 2. The Morgan fingerprint density at radius 2 is 2.00 bits per heavy atom. The summed E-state index contributed by atoms with van der Waals surface area (Å²) in [6.07, 6.45) is 2.05. The smallest absolute Gasteiger partial charge is 0.125 e. The highest BCUT2D eigenvalue weighted by Gasteiger charge is 2.15. The maximum Gasteiger partial charge on any atom is 0.125 e. The molecule has 2 rings (SSSR count). The normalized spacial score (nSPS) is 10.8. The Morgan fingerprint density at radius 1 is 1.29 bits per heavy atom. The summed E-state index contributed by atoms with van der Waals surface area (Å²) < 4.78 is 1.77. The molecule has 3 heteroatoms. The van der Waals surface area contributed by atoms with Crippen molar-refractivity contribution in [1.29, 1.82) is 0 Å². The fraction of sp³-hybridized carbons (Fsp3) is 0.357. The van der Waals surface area contributed by atoms with Crippen LogP contribution in [0.15, 0.2) is 24.3 Å². The lowest BCUT2D eigenvalue weighted by Gasteiger charge is -2.05. The summed E-state index contributed by atoms with van der Waals surface area (Å²) in [5, 5.41) is 4.55.